The lowest BCUT2D eigenvalue weighted by Crippen LogP contribution is -2.46. The van der Waals surface area contributed by atoms with Crippen LogP contribution in [-0.2, 0) is 0 Å². The maximum Gasteiger partial charge on any atom is 0.120 e. The molecule has 1 aliphatic rings. The van der Waals surface area contributed by atoms with E-state index in [4.69, 9.17) is 0 Å². The third-order valence-electron chi connectivity index (χ3n) is 4.04. The van der Waals surface area contributed by atoms with Crippen molar-refractivity contribution in [2.24, 2.45) is 5.92 Å². The molecule has 3 nitrogen and oxygen atoms in total. The monoisotopic (exact) mass is 326 g/mol. The molecule has 2 atom stereocenters. The van der Waals surface area contributed by atoms with Gasteiger partial charge in [0.2, 0.25) is 0 Å². The summed E-state index contributed by atoms with van der Waals surface area (Å²) in [5.74, 6) is 0.935. The summed E-state index contributed by atoms with van der Waals surface area (Å²) in [6.45, 7) is 8.63. The molecule has 1 saturated heterocycles. The van der Waals surface area contributed by atoms with Crippen LogP contribution in [0.5, 0.6) is 5.75 Å². The van der Waals surface area contributed by atoms with Gasteiger partial charge in [0.1, 0.15) is 5.75 Å². The number of nitrogens with zero attached hydrogens (tertiary/aromatic N) is 1. The third-order valence-corrected chi connectivity index (χ3v) is 4.53. The molecule has 1 fully saturated rings. The molecule has 19 heavy (non-hydrogen) atoms. The zero-order valence-corrected chi connectivity index (χ0v) is 13.3. The van der Waals surface area contributed by atoms with Crippen molar-refractivity contribution in [2.45, 2.75) is 26.3 Å². The van der Waals surface area contributed by atoms with Crippen LogP contribution in [0.4, 0.5) is 0 Å². The molecule has 0 radical (unpaired) electrons. The summed E-state index contributed by atoms with van der Waals surface area (Å²) in [5.41, 5.74) is 1.05. The lowest BCUT2D eigenvalue weighted by Gasteiger charge is -2.38. The minimum absolute atomic E-state index is 0.296. The first kappa shape index (κ1) is 14.8. The molecule has 2 N–H and O–H groups in total. The zero-order chi connectivity index (χ0) is 13.8. The molecule has 1 unspecified atom stereocenters. The highest BCUT2D eigenvalue weighted by atomic mass is 79.9. The van der Waals surface area contributed by atoms with E-state index >= 15 is 0 Å². The first-order chi connectivity index (χ1) is 9.13. The van der Waals surface area contributed by atoms with Crippen LogP contribution in [0.3, 0.4) is 0 Å². The van der Waals surface area contributed by atoms with Gasteiger partial charge in [0.25, 0.3) is 0 Å². The molecular formula is C15H23BrN2O. The Balaban J connectivity index is 2.33. The molecule has 0 saturated carbocycles. The number of halogens is 1. The summed E-state index contributed by atoms with van der Waals surface area (Å²) in [6, 6.07) is 6.04. The summed E-state index contributed by atoms with van der Waals surface area (Å²) in [6.07, 6.45) is 1.11. The first-order valence-electron chi connectivity index (χ1n) is 7.06. The highest BCUT2D eigenvalue weighted by molar-refractivity contribution is 9.10. The van der Waals surface area contributed by atoms with Crippen LogP contribution in [0, 0.1) is 5.92 Å². The van der Waals surface area contributed by atoms with Gasteiger partial charge in [-0.3, -0.25) is 4.90 Å². The van der Waals surface area contributed by atoms with Gasteiger partial charge >= 0.3 is 0 Å². The largest absolute Gasteiger partial charge is 0.508 e. The molecule has 4 heteroatoms. The topological polar surface area (TPSA) is 35.5 Å². The maximum absolute atomic E-state index is 10.2. The van der Waals surface area contributed by atoms with Crippen molar-refractivity contribution in [1.29, 1.82) is 0 Å². The first-order valence-corrected chi connectivity index (χ1v) is 7.86. The number of rotatable bonds is 4. The van der Waals surface area contributed by atoms with Gasteiger partial charge < -0.3 is 10.4 Å². The van der Waals surface area contributed by atoms with E-state index < -0.39 is 0 Å². The molecule has 1 aromatic rings. The lowest BCUT2D eigenvalue weighted by molar-refractivity contribution is 0.126. The molecule has 0 aliphatic carbocycles. The van der Waals surface area contributed by atoms with Gasteiger partial charge in [-0.05, 0) is 24.1 Å². The molecule has 1 heterocycles. The number of phenolic OH excluding ortho intramolecular Hbond substituents is 1. The predicted molar refractivity (Wildman–Crippen MR) is 82.4 cm³/mol. The van der Waals surface area contributed by atoms with Crippen molar-refractivity contribution in [3.63, 3.8) is 0 Å². The predicted octanol–water partition coefficient (Wildman–Crippen LogP) is 3.15. The Bertz CT molecular complexity index is 419. The van der Waals surface area contributed by atoms with E-state index in [2.05, 4.69) is 46.1 Å². The van der Waals surface area contributed by atoms with Gasteiger partial charge in [-0.25, -0.2) is 0 Å². The summed E-state index contributed by atoms with van der Waals surface area (Å²) in [5, 5.41) is 13.6. The van der Waals surface area contributed by atoms with Crippen LogP contribution in [0.15, 0.2) is 22.7 Å². The molecule has 1 aliphatic heterocycles. The lowest BCUT2D eigenvalue weighted by atomic mass is 9.90. The Labute approximate surface area is 124 Å². The molecule has 1 aromatic carbocycles. The fourth-order valence-electron chi connectivity index (χ4n) is 2.81. The smallest absolute Gasteiger partial charge is 0.120 e. The fraction of sp³-hybridized carbons (Fsp3) is 0.600. The van der Waals surface area contributed by atoms with Gasteiger partial charge in [0.15, 0.2) is 0 Å². The second-order valence-electron chi connectivity index (χ2n) is 5.32. The molecule has 106 valence electrons. The molecule has 0 spiro atoms. The number of hydrogen-bond acceptors (Lipinski definition) is 3. The summed E-state index contributed by atoms with van der Waals surface area (Å²) in [7, 11) is 0. The zero-order valence-electron chi connectivity index (χ0n) is 11.7. The Kier molecular flexibility index (Phi) is 5.25. The SMILES string of the molecule is CCC(C)[C@@H](c1cc(Br)ccc1O)N1CCNCC1. The maximum atomic E-state index is 10.2. The van der Waals surface area contributed by atoms with E-state index in [0.29, 0.717) is 17.7 Å². The van der Waals surface area contributed by atoms with E-state index in [1.165, 1.54) is 0 Å². The molecule has 0 aromatic heterocycles. The summed E-state index contributed by atoms with van der Waals surface area (Å²) < 4.78 is 1.03. The van der Waals surface area contributed by atoms with Crippen LogP contribution < -0.4 is 5.32 Å². The van der Waals surface area contributed by atoms with E-state index in [1.54, 1.807) is 6.07 Å². The minimum Gasteiger partial charge on any atom is -0.508 e. The van der Waals surface area contributed by atoms with Crippen LogP contribution in [0.25, 0.3) is 0 Å². The molecule has 0 bridgehead atoms. The molecule has 2 rings (SSSR count). The van der Waals surface area contributed by atoms with Gasteiger partial charge in [-0.1, -0.05) is 36.2 Å². The second-order valence-corrected chi connectivity index (χ2v) is 6.24. The number of piperazine rings is 1. The van der Waals surface area contributed by atoms with Crippen LogP contribution in [0.1, 0.15) is 31.9 Å². The quantitative estimate of drug-likeness (QED) is 0.892. The summed E-state index contributed by atoms with van der Waals surface area (Å²) in [4.78, 5) is 2.49. The van der Waals surface area contributed by atoms with Gasteiger partial charge in [0, 0.05) is 42.3 Å². The number of hydrogen-bond donors (Lipinski definition) is 2. The number of nitrogens with one attached hydrogen (secondary N) is 1. The van der Waals surface area contributed by atoms with Crippen LogP contribution >= 0.6 is 15.9 Å². The number of benzene rings is 1. The van der Waals surface area contributed by atoms with E-state index in [-0.39, 0.29) is 0 Å². The van der Waals surface area contributed by atoms with Crippen molar-refractivity contribution in [3.05, 3.63) is 28.2 Å². The highest BCUT2D eigenvalue weighted by Gasteiger charge is 2.28. The minimum atomic E-state index is 0.296. The fourth-order valence-corrected chi connectivity index (χ4v) is 3.19. The van der Waals surface area contributed by atoms with E-state index in [0.717, 1.165) is 42.6 Å². The normalized spacial score (nSPS) is 20.2. The third kappa shape index (κ3) is 3.50. The van der Waals surface area contributed by atoms with Crippen molar-refractivity contribution < 1.29 is 5.11 Å². The Morgan fingerprint density at radius 2 is 2.05 bits per heavy atom. The Morgan fingerprint density at radius 1 is 1.37 bits per heavy atom. The van der Waals surface area contributed by atoms with Crippen LogP contribution in [-0.4, -0.2) is 36.2 Å². The molecular weight excluding hydrogens is 304 g/mol. The average Bonchev–Trinajstić information content (AvgIpc) is 2.44. The Hall–Kier alpha value is -0.580. The highest BCUT2D eigenvalue weighted by Crippen LogP contribution is 2.37. The van der Waals surface area contributed by atoms with E-state index in [9.17, 15) is 5.11 Å². The van der Waals surface area contributed by atoms with Gasteiger partial charge in [-0.2, -0.15) is 0 Å². The van der Waals surface area contributed by atoms with Gasteiger partial charge in [0.05, 0.1) is 0 Å². The van der Waals surface area contributed by atoms with E-state index in [1.807, 2.05) is 6.07 Å². The number of aromatic hydroxyl groups is 1. The van der Waals surface area contributed by atoms with Crippen LogP contribution in [0.2, 0.25) is 0 Å². The van der Waals surface area contributed by atoms with Crippen molar-refractivity contribution in [2.75, 3.05) is 26.2 Å². The average molecular weight is 327 g/mol. The number of phenols is 1. The van der Waals surface area contributed by atoms with Crippen molar-refractivity contribution in [3.8, 4) is 5.75 Å². The standard InChI is InChI=1S/C15H23BrN2O/c1-3-11(2)15(18-8-6-17-7-9-18)13-10-12(16)4-5-14(13)19/h4-5,10-11,15,17,19H,3,6-9H2,1-2H3/t11?,15-/m0/s1. The summed E-state index contributed by atoms with van der Waals surface area (Å²) >= 11 is 3.52. The van der Waals surface area contributed by atoms with Crippen molar-refractivity contribution in [1.82, 2.24) is 10.2 Å². The van der Waals surface area contributed by atoms with Crippen molar-refractivity contribution >= 4 is 15.9 Å². The Morgan fingerprint density at radius 3 is 2.68 bits per heavy atom. The molecule has 0 amide bonds. The van der Waals surface area contributed by atoms with Gasteiger partial charge in [-0.15, -0.1) is 0 Å². The second kappa shape index (κ2) is 6.73.